The number of hydrogen-bond donors (Lipinski definition) is 16. The molecule has 12 unspecified atom stereocenters. The number of aliphatic hydroxyl groups excluding tert-OH is 16. The summed E-state index contributed by atoms with van der Waals surface area (Å²) >= 11 is 0. The summed E-state index contributed by atoms with van der Waals surface area (Å²) in [6.45, 7) is 0.388. The molecule has 4 aliphatic heterocycles. The average Bonchev–Trinajstić information content (AvgIpc) is 3.40. The zero-order chi connectivity index (χ0) is 54.3. The van der Waals surface area contributed by atoms with Crippen molar-refractivity contribution >= 4 is 0 Å². The Morgan fingerprint density at radius 1 is 0.351 bits per heavy atom. The van der Waals surface area contributed by atoms with Gasteiger partial charge < -0.3 is 120 Å². The molecule has 1 aromatic carbocycles. The molecule has 4 heterocycles. The third-order valence-corrected chi connectivity index (χ3v) is 14.9. The summed E-state index contributed by atoms with van der Waals surface area (Å²) in [5.74, 6) is 0. The number of unbranched alkanes of at least 4 members (excludes halogenated alkanes) is 6. The molecule has 0 amide bonds. The van der Waals surface area contributed by atoms with Crippen molar-refractivity contribution in [1.82, 2.24) is 0 Å². The molecular weight excluding hydrogens is 985 g/mol. The van der Waals surface area contributed by atoms with Gasteiger partial charge in [0, 0.05) is 10.8 Å². The number of benzene rings is 1. The van der Waals surface area contributed by atoms with Gasteiger partial charge in [-0.05, 0) is 36.8 Å². The van der Waals surface area contributed by atoms with E-state index in [4.69, 9.17) is 37.9 Å². The molecule has 4 aliphatic rings. The Balaban J connectivity index is 1.49. The zero-order valence-electron chi connectivity index (χ0n) is 42.4. The molecule has 0 saturated carbocycles. The van der Waals surface area contributed by atoms with E-state index in [0.29, 0.717) is 25.7 Å². The molecule has 5 rings (SSSR count). The lowest BCUT2D eigenvalue weighted by Gasteiger charge is -2.43. The minimum Gasteiger partial charge on any atom is -0.394 e. The van der Waals surface area contributed by atoms with Crippen LogP contribution in [0.1, 0.15) is 89.2 Å². The maximum absolute atomic E-state index is 11.0. The maximum Gasteiger partial charge on any atom is 0.186 e. The second-order valence-electron chi connectivity index (χ2n) is 20.8. The second-order valence-corrected chi connectivity index (χ2v) is 20.8. The number of hydrogen-bond acceptors (Lipinski definition) is 24. The Labute approximate surface area is 431 Å². The summed E-state index contributed by atoms with van der Waals surface area (Å²) in [4.78, 5) is 0. The summed E-state index contributed by atoms with van der Waals surface area (Å²) in [7, 11) is 0. The van der Waals surface area contributed by atoms with E-state index in [1.165, 1.54) is 0 Å². The van der Waals surface area contributed by atoms with Crippen molar-refractivity contribution in [3.05, 3.63) is 35.4 Å². The largest absolute Gasteiger partial charge is 0.394 e. The van der Waals surface area contributed by atoms with Crippen molar-refractivity contribution in [1.29, 1.82) is 0 Å². The van der Waals surface area contributed by atoms with Crippen molar-refractivity contribution in [2.45, 2.75) is 214 Å². The van der Waals surface area contributed by atoms with E-state index in [-0.39, 0.29) is 39.3 Å². The van der Waals surface area contributed by atoms with E-state index in [2.05, 4.69) is 0 Å². The summed E-state index contributed by atoms with van der Waals surface area (Å²) in [6, 6.07) is 7.38. The van der Waals surface area contributed by atoms with Gasteiger partial charge >= 0.3 is 0 Å². The molecule has 0 aromatic heterocycles. The lowest BCUT2D eigenvalue weighted by Crippen LogP contribution is -2.60. The van der Waals surface area contributed by atoms with Crippen molar-refractivity contribution in [3.63, 3.8) is 0 Å². The van der Waals surface area contributed by atoms with Gasteiger partial charge in [0.2, 0.25) is 0 Å². The monoisotopic (exact) mass is 1070 g/mol. The molecule has 20 atom stereocenters. The van der Waals surface area contributed by atoms with Crippen LogP contribution in [0.5, 0.6) is 0 Å². The van der Waals surface area contributed by atoms with Gasteiger partial charge in [0.15, 0.2) is 25.2 Å². The molecule has 0 radical (unpaired) electrons. The average molecular weight is 1070 g/mol. The SMILES string of the molecule is CCCCCCC(CO[C@@H]1OC(CO)[C@@H](O)C(O)C1O)(CO[C@@H]1OC(CO)[C@@H](O)C(O)C1O)Cc1ccc(CC(CCCCCC)(CO[C@@H]2OC(CO)[C@@H](O)C(O)C2O)CO[C@@H]2OC(CO)[C@@H](O)C(O)C2O)cc1. The maximum atomic E-state index is 11.0. The molecule has 24 nitrogen and oxygen atoms in total. The Morgan fingerprint density at radius 2 is 0.595 bits per heavy atom. The van der Waals surface area contributed by atoms with Crippen molar-refractivity contribution < 1.29 is 120 Å². The van der Waals surface area contributed by atoms with Gasteiger partial charge in [-0.1, -0.05) is 89.5 Å². The van der Waals surface area contributed by atoms with Crippen LogP contribution in [0.25, 0.3) is 0 Å². The second kappa shape index (κ2) is 30.0. The fourth-order valence-electron chi connectivity index (χ4n) is 10.1. The standard InChI is InChI=1S/C50H86O24/c1-3-5-7-9-15-49(23-67-45-41(63)37(59)33(55)29(19-51)71-45,24-68-46-42(64)38(60)34(56)30(20-52)72-46)17-27-11-13-28(14-12-27)18-50(16-10-8-6-4-2,25-69-47-43(65)39(61)35(57)31(21-53)73-47)26-70-48-44(66)40(62)36(58)32(22-54)74-48/h11-14,29-48,51-66H,3-10,15-26H2,1-2H3/t29?,30?,31?,32?,33-,34-,35-,36-,37?,38?,39?,40?,41?,42?,43?,44?,45-,46-,47-,48-,49?,50?/m1/s1. The molecule has 430 valence electrons. The Bertz CT molecular complexity index is 1510. The molecule has 1 aromatic rings. The van der Waals surface area contributed by atoms with E-state index in [9.17, 15) is 81.7 Å². The van der Waals surface area contributed by atoms with Crippen LogP contribution in [0, 0.1) is 10.8 Å². The predicted molar refractivity (Wildman–Crippen MR) is 255 cm³/mol. The van der Waals surface area contributed by atoms with Gasteiger partial charge in [0.25, 0.3) is 0 Å². The highest BCUT2D eigenvalue weighted by molar-refractivity contribution is 5.25. The van der Waals surface area contributed by atoms with Gasteiger partial charge in [0.05, 0.1) is 52.9 Å². The Kier molecular flexibility index (Phi) is 25.6. The topological polar surface area (TPSA) is 398 Å². The molecule has 24 heteroatoms. The van der Waals surface area contributed by atoms with Crippen LogP contribution < -0.4 is 0 Å². The minimum atomic E-state index is -1.73. The summed E-state index contributed by atoms with van der Waals surface area (Å²) in [5.41, 5.74) is -0.673. The highest BCUT2D eigenvalue weighted by Gasteiger charge is 2.50. The smallest absolute Gasteiger partial charge is 0.186 e. The van der Waals surface area contributed by atoms with E-state index in [1.54, 1.807) is 0 Å². The number of ether oxygens (including phenoxy) is 8. The van der Waals surface area contributed by atoms with Crippen LogP contribution in [0.2, 0.25) is 0 Å². The summed E-state index contributed by atoms with van der Waals surface area (Å²) in [6.07, 6.45) is -24.0. The van der Waals surface area contributed by atoms with Gasteiger partial charge in [-0.15, -0.1) is 0 Å². The minimum absolute atomic E-state index is 0.191. The molecule has 74 heavy (non-hydrogen) atoms. The first kappa shape index (κ1) is 63.1. The molecule has 0 aliphatic carbocycles. The number of rotatable bonds is 30. The third kappa shape index (κ3) is 16.2. The third-order valence-electron chi connectivity index (χ3n) is 14.9. The van der Waals surface area contributed by atoms with E-state index >= 15 is 0 Å². The van der Waals surface area contributed by atoms with Crippen LogP contribution in [-0.4, -0.2) is 257 Å². The first-order chi connectivity index (χ1) is 35.3. The number of aliphatic hydroxyl groups is 16. The van der Waals surface area contributed by atoms with Crippen LogP contribution in [0.3, 0.4) is 0 Å². The van der Waals surface area contributed by atoms with Gasteiger partial charge in [-0.25, -0.2) is 0 Å². The van der Waals surface area contributed by atoms with E-state index < -0.39 is 160 Å². The highest BCUT2D eigenvalue weighted by atomic mass is 16.7. The van der Waals surface area contributed by atoms with Crippen molar-refractivity contribution in [2.75, 3.05) is 52.9 Å². The van der Waals surface area contributed by atoms with Gasteiger partial charge in [-0.3, -0.25) is 0 Å². The highest BCUT2D eigenvalue weighted by Crippen LogP contribution is 2.38. The summed E-state index contributed by atoms with van der Waals surface area (Å²) in [5, 5.41) is 168. The van der Waals surface area contributed by atoms with Gasteiger partial charge in [-0.2, -0.15) is 0 Å². The molecular formula is C50H86O24. The molecule has 16 N–H and O–H groups in total. The first-order valence-electron chi connectivity index (χ1n) is 26.1. The summed E-state index contributed by atoms with van der Waals surface area (Å²) < 4.78 is 47.7. The lowest BCUT2D eigenvalue weighted by molar-refractivity contribution is -0.318. The first-order valence-corrected chi connectivity index (χ1v) is 26.1. The molecule has 4 saturated heterocycles. The van der Waals surface area contributed by atoms with E-state index in [1.807, 2.05) is 38.1 Å². The van der Waals surface area contributed by atoms with E-state index in [0.717, 1.165) is 49.7 Å². The Morgan fingerprint density at radius 3 is 0.811 bits per heavy atom. The molecule has 4 fully saturated rings. The van der Waals surface area contributed by atoms with Crippen LogP contribution in [-0.2, 0) is 50.7 Å². The Hall–Kier alpha value is -1.74. The zero-order valence-corrected chi connectivity index (χ0v) is 42.4. The normalized spacial score (nSPS) is 38.6. The molecule has 0 spiro atoms. The fraction of sp³-hybridized carbons (Fsp3) is 0.880. The van der Waals surface area contributed by atoms with Crippen LogP contribution in [0.15, 0.2) is 24.3 Å². The molecule has 0 bridgehead atoms. The van der Waals surface area contributed by atoms with Gasteiger partial charge in [0.1, 0.15) is 97.7 Å². The van der Waals surface area contributed by atoms with Crippen molar-refractivity contribution in [2.24, 2.45) is 10.8 Å². The quantitative estimate of drug-likeness (QED) is 0.0326. The lowest BCUT2D eigenvalue weighted by atomic mass is 9.76. The predicted octanol–water partition coefficient (Wildman–Crippen LogP) is -4.05. The van der Waals surface area contributed by atoms with Crippen LogP contribution in [0.4, 0.5) is 0 Å². The fourth-order valence-corrected chi connectivity index (χ4v) is 10.1. The van der Waals surface area contributed by atoms with Crippen molar-refractivity contribution in [3.8, 4) is 0 Å². The van der Waals surface area contributed by atoms with Crippen LogP contribution >= 0.6 is 0 Å².